The number of primary amides is 1. The lowest BCUT2D eigenvalue weighted by atomic mass is 9.84. The van der Waals surface area contributed by atoms with E-state index >= 15 is 0 Å². The van der Waals surface area contributed by atoms with E-state index in [-0.39, 0.29) is 23.8 Å². The second-order valence-electron chi connectivity index (χ2n) is 7.01. The zero-order chi connectivity index (χ0) is 17.4. The minimum atomic E-state index is -0.264. The molecule has 2 aliphatic rings. The number of para-hydroxylation sites is 1. The van der Waals surface area contributed by atoms with Crippen LogP contribution in [-0.2, 0) is 9.53 Å². The van der Waals surface area contributed by atoms with Crippen LogP contribution in [0, 0.1) is 11.8 Å². The molecule has 0 saturated carbocycles. The molecule has 0 unspecified atom stereocenters. The van der Waals surface area contributed by atoms with Crippen molar-refractivity contribution in [2.75, 3.05) is 19.7 Å². The first-order valence-corrected chi connectivity index (χ1v) is 8.91. The summed E-state index contributed by atoms with van der Waals surface area (Å²) in [6, 6.07) is 7.76. The maximum atomic E-state index is 12.9. The Morgan fingerprint density at radius 1 is 1.16 bits per heavy atom. The summed E-state index contributed by atoms with van der Waals surface area (Å²) < 4.78 is 5.78. The van der Waals surface area contributed by atoms with Gasteiger partial charge in [0.05, 0.1) is 23.1 Å². The third-order valence-corrected chi connectivity index (χ3v) is 5.61. The van der Waals surface area contributed by atoms with Gasteiger partial charge in [-0.1, -0.05) is 12.1 Å². The van der Waals surface area contributed by atoms with Gasteiger partial charge in [0.1, 0.15) is 0 Å². The summed E-state index contributed by atoms with van der Waals surface area (Å²) in [6.07, 6.45) is 4.19. The van der Waals surface area contributed by atoms with Gasteiger partial charge in [-0.05, 0) is 37.3 Å². The number of nitrogens with zero attached hydrogens (tertiary/aromatic N) is 1. The predicted octanol–water partition coefficient (Wildman–Crippen LogP) is 1.91. The Bertz CT molecular complexity index is 792. The van der Waals surface area contributed by atoms with Crippen LogP contribution in [-0.4, -0.2) is 47.5 Å². The van der Waals surface area contributed by atoms with E-state index in [1.54, 1.807) is 0 Å². The number of aromatic nitrogens is 1. The number of likely N-dealkylation sites (tertiary alicyclic amines) is 1. The normalized spacial score (nSPS) is 24.7. The molecule has 6 nitrogen and oxygen atoms in total. The summed E-state index contributed by atoms with van der Waals surface area (Å²) in [6.45, 7) is 1.98. The minimum Gasteiger partial charge on any atom is -0.377 e. The van der Waals surface area contributed by atoms with Crippen LogP contribution in [0.4, 0.5) is 0 Å². The molecule has 4 rings (SSSR count). The number of rotatable bonds is 3. The molecule has 1 aromatic heterocycles. The standard InChI is InChI=1S/C19H23N3O3/c20-18(23)15-7-11-25-17(15)13-5-9-22(10-6-13)19(24)14-3-1-2-12-4-8-21-16(12)14/h1-4,8,13,15,17,21H,5-7,9-11H2,(H2,20,23)/t15-,17+/m0/s1. The highest BCUT2D eigenvalue weighted by Gasteiger charge is 2.40. The first kappa shape index (κ1) is 16.1. The number of nitrogens with two attached hydrogens (primary N) is 1. The molecule has 0 aliphatic carbocycles. The van der Waals surface area contributed by atoms with Crippen LogP contribution in [0.3, 0.4) is 0 Å². The molecule has 2 saturated heterocycles. The number of hydrogen-bond acceptors (Lipinski definition) is 3. The van der Waals surface area contributed by atoms with Crippen molar-refractivity contribution in [1.82, 2.24) is 9.88 Å². The topological polar surface area (TPSA) is 88.4 Å². The molecule has 6 heteroatoms. The minimum absolute atomic E-state index is 0.0605. The zero-order valence-electron chi connectivity index (χ0n) is 14.1. The molecule has 1 aromatic carbocycles. The number of carbonyl (C=O) groups is 2. The third kappa shape index (κ3) is 2.91. The van der Waals surface area contributed by atoms with E-state index in [9.17, 15) is 9.59 Å². The molecule has 0 spiro atoms. The SMILES string of the molecule is NC(=O)[C@H]1CCO[C@@H]1C1CCN(C(=O)c2cccc3cc[nH]c23)CC1. The van der Waals surface area contributed by atoms with Crippen LogP contribution < -0.4 is 5.73 Å². The van der Waals surface area contributed by atoms with E-state index in [0.29, 0.717) is 37.6 Å². The van der Waals surface area contributed by atoms with E-state index in [4.69, 9.17) is 10.5 Å². The highest BCUT2D eigenvalue weighted by Crippen LogP contribution is 2.33. The molecule has 25 heavy (non-hydrogen) atoms. The summed E-state index contributed by atoms with van der Waals surface area (Å²) in [7, 11) is 0. The van der Waals surface area contributed by atoms with Crippen molar-refractivity contribution in [3.05, 3.63) is 36.0 Å². The largest absolute Gasteiger partial charge is 0.377 e. The van der Waals surface area contributed by atoms with Crippen LogP contribution in [0.15, 0.2) is 30.5 Å². The van der Waals surface area contributed by atoms with Crippen molar-refractivity contribution in [3.63, 3.8) is 0 Å². The maximum absolute atomic E-state index is 12.9. The van der Waals surface area contributed by atoms with Crippen molar-refractivity contribution in [2.45, 2.75) is 25.4 Å². The first-order chi connectivity index (χ1) is 12.1. The summed E-state index contributed by atoms with van der Waals surface area (Å²) >= 11 is 0. The lowest BCUT2D eigenvalue weighted by molar-refractivity contribution is -0.124. The van der Waals surface area contributed by atoms with Gasteiger partial charge in [-0.25, -0.2) is 0 Å². The second kappa shape index (κ2) is 6.52. The van der Waals surface area contributed by atoms with Crippen LogP contribution >= 0.6 is 0 Å². The highest BCUT2D eigenvalue weighted by atomic mass is 16.5. The Balaban J connectivity index is 1.44. The smallest absolute Gasteiger partial charge is 0.255 e. The van der Waals surface area contributed by atoms with Gasteiger partial charge < -0.3 is 20.4 Å². The quantitative estimate of drug-likeness (QED) is 0.894. The van der Waals surface area contributed by atoms with Crippen LogP contribution in [0.2, 0.25) is 0 Å². The van der Waals surface area contributed by atoms with E-state index in [0.717, 1.165) is 23.7 Å². The summed E-state index contributed by atoms with van der Waals surface area (Å²) in [5.74, 6) is -0.0880. The number of H-pyrrole nitrogens is 1. The van der Waals surface area contributed by atoms with Crippen molar-refractivity contribution in [1.29, 1.82) is 0 Å². The van der Waals surface area contributed by atoms with E-state index in [2.05, 4.69) is 4.98 Å². The van der Waals surface area contributed by atoms with Gasteiger partial charge in [-0.15, -0.1) is 0 Å². The summed E-state index contributed by atoms with van der Waals surface area (Å²) in [4.78, 5) is 29.6. The molecule has 0 bridgehead atoms. The number of aromatic amines is 1. The van der Waals surface area contributed by atoms with Crippen LogP contribution in [0.1, 0.15) is 29.6 Å². The van der Waals surface area contributed by atoms with Gasteiger partial charge in [0.15, 0.2) is 0 Å². The highest BCUT2D eigenvalue weighted by molar-refractivity contribution is 6.05. The monoisotopic (exact) mass is 341 g/mol. The molecule has 0 radical (unpaired) electrons. The van der Waals surface area contributed by atoms with Gasteiger partial charge in [0.25, 0.3) is 5.91 Å². The Hall–Kier alpha value is -2.34. The Labute approximate surface area is 146 Å². The van der Waals surface area contributed by atoms with Crippen molar-refractivity contribution in [3.8, 4) is 0 Å². The number of fused-ring (bicyclic) bond motifs is 1. The lowest BCUT2D eigenvalue weighted by Gasteiger charge is -2.35. The van der Waals surface area contributed by atoms with Gasteiger partial charge in [0.2, 0.25) is 5.91 Å². The van der Waals surface area contributed by atoms with Gasteiger partial charge in [0, 0.05) is 31.3 Å². The van der Waals surface area contributed by atoms with Crippen LogP contribution in [0.5, 0.6) is 0 Å². The molecule has 2 fully saturated rings. The average molecular weight is 341 g/mol. The molecular formula is C19H23N3O3. The van der Waals surface area contributed by atoms with E-state index < -0.39 is 0 Å². The third-order valence-electron chi connectivity index (χ3n) is 5.61. The number of hydrogen-bond donors (Lipinski definition) is 2. The van der Waals surface area contributed by atoms with Crippen LogP contribution in [0.25, 0.3) is 10.9 Å². The molecule has 3 N–H and O–H groups in total. The number of nitrogens with one attached hydrogen (secondary N) is 1. The lowest BCUT2D eigenvalue weighted by Crippen LogP contribution is -2.44. The number of ether oxygens (including phenoxy) is 1. The number of benzene rings is 1. The number of amides is 2. The fraction of sp³-hybridized carbons (Fsp3) is 0.474. The van der Waals surface area contributed by atoms with E-state index in [1.165, 1.54) is 0 Å². The Morgan fingerprint density at radius 3 is 2.72 bits per heavy atom. The maximum Gasteiger partial charge on any atom is 0.255 e. The van der Waals surface area contributed by atoms with Gasteiger partial charge >= 0.3 is 0 Å². The molecule has 2 aromatic rings. The van der Waals surface area contributed by atoms with Crippen molar-refractivity contribution < 1.29 is 14.3 Å². The zero-order valence-corrected chi connectivity index (χ0v) is 14.1. The van der Waals surface area contributed by atoms with E-state index in [1.807, 2.05) is 35.4 Å². The van der Waals surface area contributed by atoms with Gasteiger partial charge in [-0.3, -0.25) is 9.59 Å². The van der Waals surface area contributed by atoms with Crippen molar-refractivity contribution in [2.24, 2.45) is 17.6 Å². The predicted molar refractivity (Wildman–Crippen MR) is 94.0 cm³/mol. The average Bonchev–Trinajstić information content (AvgIpc) is 3.30. The molecule has 2 aliphatic heterocycles. The fourth-order valence-electron chi connectivity index (χ4n) is 4.24. The summed E-state index contributed by atoms with van der Waals surface area (Å²) in [5, 5.41) is 1.05. The molecule has 2 atom stereocenters. The number of carbonyl (C=O) groups excluding carboxylic acids is 2. The molecule has 2 amide bonds. The Kier molecular flexibility index (Phi) is 4.21. The molecule has 132 valence electrons. The number of piperidine rings is 1. The molecule has 3 heterocycles. The summed E-state index contributed by atoms with van der Waals surface area (Å²) in [5.41, 5.74) is 7.11. The Morgan fingerprint density at radius 2 is 1.96 bits per heavy atom. The van der Waals surface area contributed by atoms with Gasteiger partial charge in [-0.2, -0.15) is 0 Å². The molecular weight excluding hydrogens is 318 g/mol. The second-order valence-corrected chi connectivity index (χ2v) is 7.01. The van der Waals surface area contributed by atoms with Crippen molar-refractivity contribution >= 4 is 22.7 Å². The fourth-order valence-corrected chi connectivity index (χ4v) is 4.24. The first-order valence-electron chi connectivity index (χ1n) is 8.91.